The van der Waals surface area contributed by atoms with Gasteiger partial charge < -0.3 is 10.2 Å². The summed E-state index contributed by atoms with van der Waals surface area (Å²) in [5.74, 6) is 0.726. The molecule has 2 heterocycles. The van der Waals surface area contributed by atoms with E-state index in [4.69, 9.17) is 21.8 Å². The Morgan fingerprint density at radius 1 is 1.16 bits per heavy atom. The molecule has 1 aromatic heterocycles. The topological polar surface area (TPSA) is 64.3 Å². The maximum atomic E-state index is 9.11. The molecule has 1 aliphatic heterocycles. The van der Waals surface area contributed by atoms with Crippen LogP contribution in [0.3, 0.4) is 0 Å². The van der Waals surface area contributed by atoms with Gasteiger partial charge in [0.05, 0.1) is 5.69 Å². The van der Waals surface area contributed by atoms with E-state index in [1.807, 2.05) is 18.5 Å². The summed E-state index contributed by atoms with van der Waals surface area (Å²) >= 11 is 9.93. The van der Waals surface area contributed by atoms with Gasteiger partial charge in [-0.1, -0.05) is 23.2 Å². The third kappa shape index (κ3) is 4.35. The molecule has 5 rings (SSSR count). The lowest BCUT2D eigenvalue weighted by molar-refractivity contribution is 0.375. The normalized spacial score (nSPS) is 18.7. The molecule has 1 saturated carbocycles. The van der Waals surface area contributed by atoms with E-state index in [-0.39, 0.29) is 0 Å². The fourth-order valence-electron chi connectivity index (χ4n) is 4.56. The van der Waals surface area contributed by atoms with Gasteiger partial charge in [0, 0.05) is 40.4 Å². The van der Waals surface area contributed by atoms with Crippen LogP contribution < -0.4 is 5.32 Å². The number of hydrogen-bond donors (Lipinski definition) is 1. The number of aliphatic imine (C=N–C) groups is 1. The average Bonchev–Trinajstić information content (AvgIpc) is 3.60. The molecule has 0 atom stereocenters. The quantitative estimate of drug-likeness (QED) is 0.340. The molecule has 7 heteroatoms. The first-order chi connectivity index (χ1) is 15.1. The standard InChI is InChI=1S/C24H23BrClN5/c25-18-11-17-2-1-16-12-19(26)3-6-21(16)22(23(17)28-13-18)15-7-9-31(10-8-15)24(29-14-27)30-20-4-5-20/h3,6,11-13,20H,1-2,4-5,7-10H2,(H,29,30). The maximum Gasteiger partial charge on any atom is 0.210 e. The number of benzene rings is 1. The van der Waals surface area contributed by atoms with Gasteiger partial charge in [-0.2, -0.15) is 5.26 Å². The number of guanidine groups is 1. The van der Waals surface area contributed by atoms with E-state index in [0.29, 0.717) is 6.04 Å². The molecule has 1 saturated heterocycles. The van der Waals surface area contributed by atoms with Crippen molar-refractivity contribution in [2.24, 2.45) is 4.99 Å². The molecule has 5 nitrogen and oxygen atoms in total. The van der Waals surface area contributed by atoms with Crippen molar-refractivity contribution in [3.05, 3.63) is 67.9 Å². The molecule has 3 aliphatic rings. The van der Waals surface area contributed by atoms with Gasteiger partial charge in [-0.25, -0.2) is 0 Å². The zero-order valence-corrected chi connectivity index (χ0v) is 19.5. The highest BCUT2D eigenvalue weighted by Gasteiger charge is 2.29. The Bertz CT molecular complexity index is 1060. The van der Waals surface area contributed by atoms with Crippen molar-refractivity contribution in [1.82, 2.24) is 15.2 Å². The van der Waals surface area contributed by atoms with Gasteiger partial charge in [0.1, 0.15) is 0 Å². The predicted molar refractivity (Wildman–Crippen MR) is 127 cm³/mol. The van der Waals surface area contributed by atoms with Gasteiger partial charge in [-0.15, -0.1) is 4.99 Å². The largest absolute Gasteiger partial charge is 0.353 e. The Balaban J connectivity index is 1.52. The number of fused-ring (bicyclic) bond motifs is 2. The summed E-state index contributed by atoms with van der Waals surface area (Å²) in [4.78, 5) is 11.1. The Labute approximate surface area is 196 Å². The zero-order valence-electron chi connectivity index (χ0n) is 17.2. The second-order valence-corrected chi connectivity index (χ2v) is 9.73. The number of nitriles is 1. The minimum absolute atomic E-state index is 0.472. The van der Waals surface area contributed by atoms with Gasteiger partial charge >= 0.3 is 0 Å². The molecular weight excluding hydrogens is 474 g/mol. The molecule has 2 aromatic rings. The number of pyridine rings is 1. The molecule has 0 spiro atoms. The molecular formula is C24H23BrClN5. The Kier molecular flexibility index (Phi) is 5.73. The number of aryl methyl sites for hydroxylation is 2. The summed E-state index contributed by atoms with van der Waals surface area (Å²) < 4.78 is 1.01. The second-order valence-electron chi connectivity index (χ2n) is 8.38. The van der Waals surface area contributed by atoms with Crippen LogP contribution in [0.25, 0.3) is 5.57 Å². The van der Waals surface area contributed by atoms with Crippen LogP contribution >= 0.6 is 27.5 Å². The van der Waals surface area contributed by atoms with Crippen molar-refractivity contribution in [3.63, 3.8) is 0 Å². The molecule has 1 aromatic carbocycles. The van der Waals surface area contributed by atoms with Crippen LogP contribution in [0, 0.1) is 11.5 Å². The minimum atomic E-state index is 0.472. The summed E-state index contributed by atoms with van der Waals surface area (Å²) in [6.07, 6.45) is 9.92. The molecule has 0 unspecified atom stereocenters. The molecule has 1 N–H and O–H groups in total. The lowest BCUT2D eigenvalue weighted by Gasteiger charge is -2.32. The van der Waals surface area contributed by atoms with Gasteiger partial charge in [0.15, 0.2) is 0 Å². The Morgan fingerprint density at radius 3 is 2.68 bits per heavy atom. The maximum absolute atomic E-state index is 9.11. The highest BCUT2D eigenvalue weighted by atomic mass is 79.9. The SMILES string of the molecule is N#CN=C(NC1CC1)N1CCC(=C2c3ccc(Cl)cc3CCc3cc(Br)cnc32)CC1. The molecule has 158 valence electrons. The summed E-state index contributed by atoms with van der Waals surface area (Å²) in [6.45, 7) is 1.68. The number of piperidine rings is 1. The van der Waals surface area contributed by atoms with E-state index in [1.54, 1.807) is 0 Å². The first kappa shape index (κ1) is 20.5. The van der Waals surface area contributed by atoms with Crippen molar-refractivity contribution < 1.29 is 0 Å². The summed E-state index contributed by atoms with van der Waals surface area (Å²) in [5.41, 5.74) is 7.58. The van der Waals surface area contributed by atoms with Crippen LogP contribution in [0.2, 0.25) is 5.02 Å². The number of rotatable bonds is 1. The molecule has 2 aliphatic carbocycles. The lowest BCUT2D eigenvalue weighted by atomic mass is 9.88. The molecule has 0 amide bonds. The van der Waals surface area contributed by atoms with Gasteiger partial charge in [-0.05, 0) is 89.3 Å². The molecule has 0 radical (unpaired) electrons. The van der Waals surface area contributed by atoms with Gasteiger partial charge in [0.25, 0.3) is 0 Å². The van der Waals surface area contributed by atoms with E-state index in [1.165, 1.54) is 27.8 Å². The number of hydrogen-bond acceptors (Lipinski definition) is 3. The van der Waals surface area contributed by atoms with E-state index >= 15 is 0 Å². The highest BCUT2D eigenvalue weighted by molar-refractivity contribution is 9.10. The van der Waals surface area contributed by atoms with Crippen LogP contribution in [0.1, 0.15) is 48.1 Å². The third-order valence-electron chi connectivity index (χ3n) is 6.26. The van der Waals surface area contributed by atoms with Crippen LogP contribution in [0.4, 0.5) is 0 Å². The molecule has 2 fully saturated rings. The van der Waals surface area contributed by atoms with Gasteiger partial charge in [-0.3, -0.25) is 4.98 Å². The minimum Gasteiger partial charge on any atom is -0.353 e. The smallest absolute Gasteiger partial charge is 0.210 e. The number of halogens is 2. The Morgan fingerprint density at radius 2 is 1.94 bits per heavy atom. The lowest BCUT2D eigenvalue weighted by Crippen LogP contribution is -2.45. The fourth-order valence-corrected chi connectivity index (χ4v) is 5.13. The zero-order chi connectivity index (χ0) is 21.4. The predicted octanol–water partition coefficient (Wildman–Crippen LogP) is 5.08. The average molecular weight is 497 g/mol. The fraction of sp³-hybridized carbons (Fsp3) is 0.375. The monoisotopic (exact) mass is 495 g/mol. The molecule has 31 heavy (non-hydrogen) atoms. The van der Waals surface area contributed by atoms with E-state index in [0.717, 1.165) is 72.8 Å². The summed E-state index contributed by atoms with van der Waals surface area (Å²) in [6, 6.07) is 8.91. The van der Waals surface area contributed by atoms with Crippen LogP contribution in [0.15, 0.2) is 45.5 Å². The summed E-state index contributed by atoms with van der Waals surface area (Å²) in [5, 5.41) is 13.3. The third-order valence-corrected chi connectivity index (χ3v) is 6.93. The number of likely N-dealkylation sites (tertiary alicyclic amines) is 1. The highest BCUT2D eigenvalue weighted by Crippen LogP contribution is 2.39. The van der Waals surface area contributed by atoms with E-state index < -0.39 is 0 Å². The second kappa shape index (κ2) is 8.64. The summed E-state index contributed by atoms with van der Waals surface area (Å²) in [7, 11) is 0. The number of aromatic nitrogens is 1. The number of nitrogens with one attached hydrogen (secondary N) is 1. The van der Waals surface area contributed by atoms with Crippen molar-refractivity contribution >= 4 is 39.1 Å². The van der Waals surface area contributed by atoms with Crippen molar-refractivity contribution in [1.29, 1.82) is 5.26 Å². The van der Waals surface area contributed by atoms with Crippen LogP contribution in [-0.2, 0) is 12.8 Å². The van der Waals surface area contributed by atoms with Crippen molar-refractivity contribution in [2.45, 2.75) is 44.6 Å². The Hall–Kier alpha value is -2.36. The van der Waals surface area contributed by atoms with Crippen molar-refractivity contribution in [2.75, 3.05) is 13.1 Å². The van der Waals surface area contributed by atoms with Crippen molar-refractivity contribution in [3.8, 4) is 6.19 Å². The van der Waals surface area contributed by atoms with E-state index in [2.05, 4.69) is 49.3 Å². The number of nitrogens with zero attached hydrogens (tertiary/aromatic N) is 4. The molecule has 0 bridgehead atoms. The first-order valence-corrected chi connectivity index (χ1v) is 11.9. The van der Waals surface area contributed by atoms with Crippen LogP contribution in [-0.4, -0.2) is 35.0 Å². The van der Waals surface area contributed by atoms with Crippen LogP contribution in [0.5, 0.6) is 0 Å². The van der Waals surface area contributed by atoms with Gasteiger partial charge in [0.2, 0.25) is 12.2 Å². The van der Waals surface area contributed by atoms with E-state index in [9.17, 15) is 0 Å². The first-order valence-electron chi connectivity index (χ1n) is 10.8.